The predicted molar refractivity (Wildman–Crippen MR) is 61.4 cm³/mol. The monoisotopic (exact) mass is 206 g/mol. The van der Waals surface area contributed by atoms with Crippen molar-refractivity contribution in [2.24, 2.45) is 5.92 Å². The van der Waals surface area contributed by atoms with Gasteiger partial charge in [0.15, 0.2) is 0 Å². The van der Waals surface area contributed by atoms with Crippen LogP contribution in [-0.2, 0) is 0 Å². The summed E-state index contributed by atoms with van der Waals surface area (Å²) in [4.78, 5) is 0. The van der Waals surface area contributed by atoms with Gasteiger partial charge in [0.1, 0.15) is 0 Å². The third-order valence-corrected chi connectivity index (χ3v) is 4.03. The lowest BCUT2D eigenvalue weighted by molar-refractivity contribution is 0.287. The van der Waals surface area contributed by atoms with Gasteiger partial charge in [-0.2, -0.15) is 5.26 Å². The van der Waals surface area contributed by atoms with Crippen molar-refractivity contribution in [3.63, 3.8) is 0 Å². The summed E-state index contributed by atoms with van der Waals surface area (Å²) in [6, 6.07) is 3.26. The SMILES string of the molecule is N#CC(NC1CCCC1)C1CCCCC1. The Morgan fingerprint density at radius 3 is 2.13 bits per heavy atom. The zero-order valence-corrected chi connectivity index (χ0v) is 9.54. The molecule has 0 aromatic carbocycles. The Bertz CT molecular complexity index is 219. The summed E-state index contributed by atoms with van der Waals surface area (Å²) in [7, 11) is 0. The molecule has 2 saturated carbocycles. The highest BCUT2D eigenvalue weighted by Crippen LogP contribution is 2.27. The first kappa shape index (κ1) is 11.0. The molecule has 1 atom stereocenters. The molecule has 0 heterocycles. The van der Waals surface area contributed by atoms with Gasteiger partial charge in [0.2, 0.25) is 0 Å². The highest BCUT2D eigenvalue weighted by atomic mass is 15.0. The van der Waals surface area contributed by atoms with Gasteiger partial charge in [-0.1, -0.05) is 32.1 Å². The predicted octanol–water partition coefficient (Wildman–Crippen LogP) is 2.99. The van der Waals surface area contributed by atoms with Crippen LogP contribution in [0, 0.1) is 17.2 Å². The highest BCUT2D eigenvalue weighted by Gasteiger charge is 2.26. The van der Waals surface area contributed by atoms with Crippen molar-refractivity contribution in [1.29, 1.82) is 5.26 Å². The standard InChI is InChI=1S/C13H22N2/c14-10-13(11-6-2-1-3-7-11)15-12-8-4-5-9-12/h11-13,15H,1-9H2. The molecule has 0 bridgehead atoms. The van der Waals surface area contributed by atoms with Crippen LogP contribution < -0.4 is 5.32 Å². The molecule has 0 aliphatic heterocycles. The lowest BCUT2D eigenvalue weighted by Gasteiger charge is -2.28. The topological polar surface area (TPSA) is 35.8 Å². The maximum Gasteiger partial charge on any atom is 0.0983 e. The lowest BCUT2D eigenvalue weighted by Crippen LogP contribution is -2.41. The Labute approximate surface area is 93.0 Å². The number of rotatable bonds is 3. The number of hydrogen-bond acceptors (Lipinski definition) is 2. The maximum absolute atomic E-state index is 9.23. The van der Waals surface area contributed by atoms with Crippen molar-refractivity contribution in [3.05, 3.63) is 0 Å². The average Bonchev–Trinajstić information content (AvgIpc) is 2.80. The molecule has 0 amide bonds. The van der Waals surface area contributed by atoms with Gasteiger partial charge in [0.25, 0.3) is 0 Å². The fourth-order valence-corrected chi connectivity index (χ4v) is 3.09. The Balaban J connectivity index is 1.82. The molecule has 1 N–H and O–H groups in total. The fourth-order valence-electron chi connectivity index (χ4n) is 3.09. The van der Waals surface area contributed by atoms with Crippen LogP contribution in [-0.4, -0.2) is 12.1 Å². The molecule has 2 aliphatic carbocycles. The number of nitrogens with zero attached hydrogens (tertiary/aromatic N) is 1. The van der Waals surface area contributed by atoms with E-state index in [2.05, 4.69) is 11.4 Å². The van der Waals surface area contributed by atoms with Crippen LogP contribution in [0.5, 0.6) is 0 Å². The largest absolute Gasteiger partial charge is 0.299 e. The summed E-state index contributed by atoms with van der Waals surface area (Å²) >= 11 is 0. The van der Waals surface area contributed by atoms with Crippen molar-refractivity contribution in [3.8, 4) is 6.07 Å². The van der Waals surface area contributed by atoms with E-state index in [1.165, 1.54) is 57.8 Å². The molecule has 2 nitrogen and oxygen atoms in total. The first-order valence-electron chi connectivity index (χ1n) is 6.56. The molecule has 0 aromatic rings. The molecule has 0 saturated heterocycles. The van der Waals surface area contributed by atoms with Gasteiger partial charge in [-0.25, -0.2) is 0 Å². The Kier molecular flexibility index (Phi) is 4.02. The zero-order valence-electron chi connectivity index (χ0n) is 9.54. The molecule has 0 radical (unpaired) electrons. The normalized spacial score (nSPS) is 26.3. The number of hydrogen-bond donors (Lipinski definition) is 1. The average molecular weight is 206 g/mol. The molecular weight excluding hydrogens is 184 g/mol. The Morgan fingerprint density at radius 2 is 1.53 bits per heavy atom. The summed E-state index contributed by atoms with van der Waals surface area (Å²) in [6.07, 6.45) is 11.8. The fraction of sp³-hybridized carbons (Fsp3) is 0.923. The first-order chi connectivity index (χ1) is 7.40. The number of nitriles is 1. The lowest BCUT2D eigenvalue weighted by atomic mass is 9.84. The minimum atomic E-state index is 0.133. The summed E-state index contributed by atoms with van der Waals surface area (Å²) in [5, 5.41) is 12.8. The summed E-state index contributed by atoms with van der Waals surface area (Å²) in [6.45, 7) is 0. The second-order valence-electron chi connectivity index (χ2n) is 5.15. The highest BCUT2D eigenvalue weighted by molar-refractivity contribution is 4.97. The van der Waals surface area contributed by atoms with Crippen molar-refractivity contribution >= 4 is 0 Å². The van der Waals surface area contributed by atoms with Gasteiger partial charge in [0, 0.05) is 6.04 Å². The molecule has 2 fully saturated rings. The van der Waals surface area contributed by atoms with Crippen molar-refractivity contribution in [2.75, 3.05) is 0 Å². The van der Waals surface area contributed by atoms with Gasteiger partial charge in [-0.3, -0.25) is 5.32 Å². The van der Waals surface area contributed by atoms with E-state index >= 15 is 0 Å². The molecule has 84 valence electrons. The molecule has 0 spiro atoms. The van der Waals surface area contributed by atoms with Gasteiger partial charge in [-0.15, -0.1) is 0 Å². The summed E-state index contributed by atoms with van der Waals surface area (Å²) in [5.74, 6) is 0.629. The van der Waals surface area contributed by atoms with Gasteiger partial charge < -0.3 is 0 Å². The van der Waals surface area contributed by atoms with E-state index in [0.29, 0.717) is 12.0 Å². The Morgan fingerprint density at radius 1 is 0.933 bits per heavy atom. The van der Waals surface area contributed by atoms with E-state index in [4.69, 9.17) is 0 Å². The van der Waals surface area contributed by atoms with E-state index in [1.807, 2.05) is 0 Å². The van der Waals surface area contributed by atoms with E-state index < -0.39 is 0 Å². The van der Waals surface area contributed by atoms with Crippen LogP contribution in [0.3, 0.4) is 0 Å². The van der Waals surface area contributed by atoms with Crippen molar-refractivity contribution in [2.45, 2.75) is 69.9 Å². The van der Waals surface area contributed by atoms with Crippen LogP contribution in [0.1, 0.15) is 57.8 Å². The third kappa shape index (κ3) is 2.95. The zero-order chi connectivity index (χ0) is 10.5. The smallest absolute Gasteiger partial charge is 0.0983 e. The maximum atomic E-state index is 9.23. The van der Waals surface area contributed by atoms with Crippen LogP contribution in [0.2, 0.25) is 0 Å². The minimum Gasteiger partial charge on any atom is -0.299 e. The minimum absolute atomic E-state index is 0.133. The molecule has 2 heteroatoms. The Hall–Kier alpha value is -0.550. The number of nitrogens with one attached hydrogen (secondary N) is 1. The van der Waals surface area contributed by atoms with E-state index in [0.717, 1.165) is 0 Å². The summed E-state index contributed by atoms with van der Waals surface area (Å²) < 4.78 is 0. The first-order valence-corrected chi connectivity index (χ1v) is 6.56. The molecule has 0 aromatic heterocycles. The van der Waals surface area contributed by atoms with Crippen LogP contribution >= 0.6 is 0 Å². The molecular formula is C13H22N2. The third-order valence-electron chi connectivity index (χ3n) is 4.03. The van der Waals surface area contributed by atoms with E-state index in [9.17, 15) is 5.26 Å². The van der Waals surface area contributed by atoms with Crippen LogP contribution in [0.15, 0.2) is 0 Å². The van der Waals surface area contributed by atoms with Crippen LogP contribution in [0.25, 0.3) is 0 Å². The quantitative estimate of drug-likeness (QED) is 0.770. The summed E-state index contributed by atoms with van der Waals surface area (Å²) in [5.41, 5.74) is 0. The molecule has 2 rings (SSSR count). The molecule has 1 unspecified atom stereocenters. The van der Waals surface area contributed by atoms with Crippen molar-refractivity contribution < 1.29 is 0 Å². The van der Waals surface area contributed by atoms with Gasteiger partial charge >= 0.3 is 0 Å². The van der Waals surface area contributed by atoms with E-state index in [1.54, 1.807) is 0 Å². The van der Waals surface area contributed by atoms with Crippen molar-refractivity contribution in [1.82, 2.24) is 5.32 Å². The van der Waals surface area contributed by atoms with Gasteiger partial charge in [-0.05, 0) is 31.6 Å². The second-order valence-corrected chi connectivity index (χ2v) is 5.15. The second kappa shape index (κ2) is 5.51. The van der Waals surface area contributed by atoms with Gasteiger partial charge in [0.05, 0.1) is 12.1 Å². The van der Waals surface area contributed by atoms with E-state index in [-0.39, 0.29) is 6.04 Å². The van der Waals surface area contributed by atoms with Crippen LogP contribution in [0.4, 0.5) is 0 Å². The molecule has 15 heavy (non-hydrogen) atoms. The molecule has 2 aliphatic rings.